The third-order valence-electron chi connectivity index (χ3n) is 9.18. The van der Waals surface area contributed by atoms with Crippen LogP contribution in [0.3, 0.4) is 0 Å². The summed E-state index contributed by atoms with van der Waals surface area (Å²) in [5.41, 5.74) is 2.87. The summed E-state index contributed by atoms with van der Waals surface area (Å²) in [5, 5.41) is 0.964. The van der Waals surface area contributed by atoms with E-state index in [0.29, 0.717) is 0 Å². The van der Waals surface area contributed by atoms with E-state index in [1.54, 1.807) is 0 Å². The molecule has 240 valence electrons. The highest BCUT2D eigenvalue weighted by Gasteiger charge is 2.42. The molecule has 0 fully saturated rings. The summed E-state index contributed by atoms with van der Waals surface area (Å²) in [7, 11) is -3.60. The lowest BCUT2D eigenvalue weighted by atomic mass is 9.87. The molecule has 0 aliphatic heterocycles. The average Bonchev–Trinajstić information content (AvgIpc) is 3.10. The molecule has 6 aromatic carbocycles. The Morgan fingerprint density at radius 2 is 0.511 bits per heavy atom. The van der Waals surface area contributed by atoms with Crippen molar-refractivity contribution in [2.24, 2.45) is 0 Å². The minimum atomic E-state index is -1.80. The summed E-state index contributed by atoms with van der Waals surface area (Å²) in [4.78, 5) is 8.37. The van der Waals surface area contributed by atoms with Crippen LogP contribution in [0.25, 0.3) is 0 Å². The van der Waals surface area contributed by atoms with E-state index in [4.69, 9.17) is 0 Å². The number of rotatable bonds is 8. The molecule has 0 N–H and O–H groups in total. The summed E-state index contributed by atoms with van der Waals surface area (Å²) >= 11 is 0. The van der Waals surface area contributed by atoms with Gasteiger partial charge in [0.15, 0.2) is 0 Å². The van der Waals surface area contributed by atoms with Gasteiger partial charge < -0.3 is 0 Å². The second-order valence-corrected chi connectivity index (χ2v) is 21.1. The summed E-state index contributed by atoms with van der Waals surface area (Å²) in [5.74, 6) is 0. The molecule has 0 saturated heterocycles. The predicted molar refractivity (Wildman–Crippen MR) is 206 cm³/mol. The topological polar surface area (TPSA) is 0 Å². The second-order valence-electron chi connectivity index (χ2n) is 14.4. The molecule has 0 aliphatic carbocycles. The molecule has 0 bridgehead atoms. The third-order valence-corrected chi connectivity index (χ3v) is 18.5. The average molecular weight is 653 g/mol. The molecular weight excluding hydrogens is 605 g/mol. The quantitative estimate of drug-likeness (QED) is 0.153. The van der Waals surface area contributed by atoms with Crippen molar-refractivity contribution >= 4 is 20.1 Å². The van der Waals surface area contributed by atoms with Crippen LogP contribution >= 0.6 is 20.1 Å². The molecule has 6 rings (SSSR count). The normalized spacial score (nSPS) is 13.2. The summed E-state index contributed by atoms with van der Waals surface area (Å²) in [6, 6.07) is 64.7. The van der Waals surface area contributed by atoms with E-state index in [0.717, 1.165) is 5.08 Å². The van der Waals surface area contributed by atoms with Gasteiger partial charge in [-0.25, -0.2) is 0 Å². The summed E-state index contributed by atoms with van der Waals surface area (Å²) < 4.78 is 0. The zero-order valence-electron chi connectivity index (χ0n) is 28.7. The Morgan fingerprint density at radius 3 is 0.723 bits per heavy atom. The van der Waals surface area contributed by atoms with E-state index < -0.39 is 20.1 Å². The molecule has 0 radical (unpaired) electrons. The lowest BCUT2D eigenvalue weighted by Gasteiger charge is -2.52. The van der Waals surface area contributed by atoms with Crippen LogP contribution in [0.5, 0.6) is 0 Å². The zero-order valence-corrected chi connectivity index (χ0v) is 30.3. The maximum absolute atomic E-state index is 2.44. The van der Waals surface area contributed by atoms with Crippen molar-refractivity contribution in [2.75, 3.05) is 5.08 Å². The van der Waals surface area contributed by atoms with Gasteiger partial charge in [0.25, 0.3) is 0 Å². The first-order valence-electron chi connectivity index (χ1n) is 16.6. The van der Waals surface area contributed by atoms with E-state index in [1.165, 1.54) is 40.5 Å². The largest absolute Gasteiger partial charge is 0.151 e. The van der Waals surface area contributed by atoms with Crippen molar-refractivity contribution < 1.29 is 0 Å². The summed E-state index contributed by atoms with van der Waals surface area (Å²) in [6.07, 6.45) is 0. The van der Waals surface area contributed by atoms with Gasteiger partial charge in [-0.15, -0.1) is 0 Å². The summed E-state index contributed by atoms with van der Waals surface area (Å²) in [6.45, 7) is 13.8. The molecule has 0 atom stereocenters. The Bertz CT molecular complexity index is 1640. The molecule has 0 aliphatic rings. The molecule has 0 nitrogen and oxygen atoms in total. The first-order chi connectivity index (χ1) is 22.5. The van der Waals surface area contributed by atoms with Gasteiger partial charge in [0, 0.05) is 5.08 Å². The van der Waals surface area contributed by atoms with Crippen LogP contribution in [0, 0.1) is 0 Å². The highest BCUT2D eigenvalue weighted by atomic mass is 32.3. The fraction of sp³-hybridized carbons (Fsp3) is 0.200. The standard InChI is InChI=1S/C45H48S2/c1-44(2,3)36-27-31-42(32-28-36)46(38-19-11-7-12-20-38,39-21-13-8-14-22-39)35-47(40-23-15-9-16-24-40,41-25-17-10-18-26-41)43-33-29-37(30-34-43)45(4,5)6/h7-34H,35H2,1-6H3. The zero-order chi connectivity index (χ0) is 33.1. The second kappa shape index (κ2) is 13.3. The van der Waals surface area contributed by atoms with Gasteiger partial charge >= 0.3 is 0 Å². The van der Waals surface area contributed by atoms with Crippen LogP contribution in [0.15, 0.2) is 199 Å². The van der Waals surface area contributed by atoms with Gasteiger partial charge in [0.1, 0.15) is 0 Å². The highest BCUT2D eigenvalue weighted by Crippen LogP contribution is 2.81. The van der Waals surface area contributed by atoms with Gasteiger partial charge in [-0.2, -0.15) is 20.1 Å². The fourth-order valence-electron chi connectivity index (χ4n) is 6.48. The number of hydrogen-bond acceptors (Lipinski definition) is 0. The Hall–Kier alpha value is -3.98. The minimum absolute atomic E-state index is 0.0773. The first-order valence-corrected chi connectivity index (χ1v) is 20.2. The van der Waals surface area contributed by atoms with Crippen LogP contribution in [0.1, 0.15) is 52.7 Å². The van der Waals surface area contributed by atoms with Crippen molar-refractivity contribution in [3.63, 3.8) is 0 Å². The molecule has 47 heavy (non-hydrogen) atoms. The molecule has 0 amide bonds. The molecule has 0 aromatic heterocycles. The fourth-order valence-corrected chi connectivity index (χ4v) is 17.2. The van der Waals surface area contributed by atoms with Gasteiger partial charge in [0.05, 0.1) is 0 Å². The highest BCUT2D eigenvalue weighted by molar-refractivity contribution is 8.49. The van der Waals surface area contributed by atoms with Gasteiger partial charge in [-0.1, -0.05) is 139 Å². The van der Waals surface area contributed by atoms with E-state index in [-0.39, 0.29) is 10.8 Å². The van der Waals surface area contributed by atoms with Crippen LogP contribution < -0.4 is 0 Å². The van der Waals surface area contributed by atoms with Crippen molar-refractivity contribution in [1.82, 2.24) is 0 Å². The number of hydrogen-bond donors (Lipinski definition) is 0. The molecule has 0 heterocycles. The van der Waals surface area contributed by atoms with E-state index in [9.17, 15) is 0 Å². The van der Waals surface area contributed by atoms with Crippen LogP contribution in [0.2, 0.25) is 0 Å². The molecule has 0 saturated carbocycles. The monoisotopic (exact) mass is 652 g/mol. The molecule has 6 aromatic rings. The van der Waals surface area contributed by atoms with Crippen molar-refractivity contribution in [3.8, 4) is 0 Å². The third kappa shape index (κ3) is 6.47. The molecule has 0 unspecified atom stereocenters. The van der Waals surface area contributed by atoms with Gasteiger partial charge in [0.2, 0.25) is 0 Å². The van der Waals surface area contributed by atoms with Crippen molar-refractivity contribution in [1.29, 1.82) is 0 Å². The lowest BCUT2D eigenvalue weighted by Crippen LogP contribution is -2.18. The van der Waals surface area contributed by atoms with Crippen LogP contribution in [-0.2, 0) is 10.8 Å². The Kier molecular flexibility index (Phi) is 9.29. The van der Waals surface area contributed by atoms with Crippen molar-refractivity contribution in [2.45, 2.75) is 81.7 Å². The maximum atomic E-state index is 2.44. The lowest BCUT2D eigenvalue weighted by molar-refractivity contribution is 0.589. The van der Waals surface area contributed by atoms with Gasteiger partial charge in [-0.3, -0.25) is 0 Å². The number of benzene rings is 6. The maximum Gasteiger partial charge on any atom is 0.0311 e. The van der Waals surface area contributed by atoms with Crippen LogP contribution in [0.4, 0.5) is 0 Å². The van der Waals surface area contributed by atoms with E-state index in [1.807, 2.05) is 0 Å². The van der Waals surface area contributed by atoms with E-state index >= 15 is 0 Å². The molecule has 2 heteroatoms. The van der Waals surface area contributed by atoms with E-state index in [2.05, 4.69) is 211 Å². The predicted octanol–water partition coefficient (Wildman–Crippen LogP) is 13.5. The Balaban J connectivity index is 1.74. The Labute approximate surface area is 286 Å². The van der Waals surface area contributed by atoms with Gasteiger partial charge in [-0.05, 0) is 124 Å². The first kappa shape index (κ1) is 32.9. The Morgan fingerprint density at radius 1 is 0.298 bits per heavy atom. The van der Waals surface area contributed by atoms with Crippen LogP contribution in [-0.4, -0.2) is 5.08 Å². The molecular formula is C45H48S2. The smallest absolute Gasteiger partial charge is 0.0311 e. The van der Waals surface area contributed by atoms with Crippen molar-refractivity contribution in [3.05, 3.63) is 181 Å². The SMILES string of the molecule is CC(C)(C)c1ccc(S(CS(c2ccccc2)(c2ccccc2)c2ccc(C(C)(C)C)cc2)(c2ccccc2)c2ccccc2)cc1. The molecule has 0 spiro atoms. The minimum Gasteiger partial charge on any atom is -0.151 e.